The number of nitriles is 1. The van der Waals surface area contributed by atoms with Gasteiger partial charge in [0.25, 0.3) is 0 Å². The van der Waals surface area contributed by atoms with E-state index in [1.54, 1.807) is 20.8 Å². The van der Waals surface area contributed by atoms with Crippen LogP contribution < -0.4 is 16.0 Å². The van der Waals surface area contributed by atoms with Gasteiger partial charge in [-0.05, 0) is 58.9 Å². The summed E-state index contributed by atoms with van der Waals surface area (Å²) in [6.07, 6.45) is 3.31. The average Bonchev–Trinajstić information content (AvgIpc) is 3.58. The van der Waals surface area contributed by atoms with Gasteiger partial charge in [-0.1, -0.05) is 6.92 Å². The van der Waals surface area contributed by atoms with Crippen molar-refractivity contribution in [3.8, 4) is 6.07 Å². The Kier molecular flexibility index (Phi) is 7.54. The zero-order valence-corrected chi connectivity index (χ0v) is 20.0. The molecule has 0 bridgehead atoms. The quantitative estimate of drug-likeness (QED) is 0.486. The number of ether oxygens (including phenoxy) is 1. The summed E-state index contributed by atoms with van der Waals surface area (Å²) in [6, 6.07) is 3.58. The molecular formula is C24H30F2N6O2. The lowest BCUT2D eigenvalue weighted by molar-refractivity contribution is 0.0495. The van der Waals surface area contributed by atoms with Gasteiger partial charge in [0, 0.05) is 6.07 Å². The zero-order valence-electron chi connectivity index (χ0n) is 20.0. The number of carbonyl (C=O) groups excluding carboxylic acids is 1. The maximum absolute atomic E-state index is 14.9. The van der Waals surface area contributed by atoms with E-state index in [0.29, 0.717) is 6.42 Å². The molecule has 3 N–H and O–H groups in total. The first kappa shape index (κ1) is 25.1. The molecule has 1 aliphatic rings. The first-order chi connectivity index (χ1) is 16.0. The number of carbonyl (C=O) groups is 1. The van der Waals surface area contributed by atoms with Crippen LogP contribution in [-0.2, 0) is 4.74 Å². The molecule has 3 rings (SSSR count). The van der Waals surface area contributed by atoms with Gasteiger partial charge in [-0.25, -0.2) is 18.6 Å². The second-order valence-corrected chi connectivity index (χ2v) is 9.41. The number of hydrogen-bond donors (Lipinski definition) is 3. The van der Waals surface area contributed by atoms with Crippen LogP contribution in [0.25, 0.3) is 0 Å². The molecule has 10 heteroatoms. The molecule has 2 aromatic heterocycles. The average molecular weight is 473 g/mol. The standard InChI is InChI=1S/C24H30F2N6O2/c1-6-19(30-23(33)34-24(3,4)5)20(14-7-8-14)31-22-18(26)9-15(11-27)21(32-22)29-16-10-17(25)13(2)28-12-16/h9-10,12,14,19-20H,6-8H2,1-5H3,(H,30,33)(H2,29,31,32)/t19-,20+/m0/s1. The topological polar surface area (TPSA) is 112 Å². The molecule has 8 nitrogen and oxygen atoms in total. The van der Waals surface area contributed by atoms with Crippen molar-refractivity contribution < 1.29 is 18.3 Å². The number of rotatable bonds is 8. The van der Waals surface area contributed by atoms with E-state index in [0.717, 1.165) is 18.9 Å². The van der Waals surface area contributed by atoms with Crippen molar-refractivity contribution >= 4 is 23.4 Å². The lowest BCUT2D eigenvalue weighted by Crippen LogP contribution is -2.49. The predicted molar refractivity (Wildman–Crippen MR) is 125 cm³/mol. The summed E-state index contributed by atoms with van der Waals surface area (Å²) in [4.78, 5) is 20.6. The molecule has 2 heterocycles. The molecular weight excluding hydrogens is 442 g/mol. The van der Waals surface area contributed by atoms with Crippen molar-refractivity contribution in [1.29, 1.82) is 5.26 Å². The Balaban J connectivity index is 1.85. The van der Waals surface area contributed by atoms with E-state index >= 15 is 0 Å². The van der Waals surface area contributed by atoms with Crippen molar-refractivity contribution in [3.05, 3.63) is 41.2 Å². The fourth-order valence-corrected chi connectivity index (χ4v) is 3.55. The fourth-order valence-electron chi connectivity index (χ4n) is 3.55. The molecule has 0 aromatic carbocycles. The molecule has 0 saturated heterocycles. The predicted octanol–water partition coefficient (Wildman–Crippen LogP) is 5.17. The van der Waals surface area contributed by atoms with E-state index in [4.69, 9.17) is 4.74 Å². The highest BCUT2D eigenvalue weighted by molar-refractivity contribution is 5.68. The van der Waals surface area contributed by atoms with Gasteiger partial charge in [-0.2, -0.15) is 5.26 Å². The van der Waals surface area contributed by atoms with Crippen molar-refractivity contribution in [2.24, 2.45) is 5.92 Å². The molecule has 0 unspecified atom stereocenters. The van der Waals surface area contributed by atoms with E-state index in [9.17, 15) is 18.8 Å². The number of pyridine rings is 2. The first-order valence-corrected chi connectivity index (χ1v) is 11.3. The van der Waals surface area contributed by atoms with E-state index in [2.05, 4.69) is 25.9 Å². The molecule has 2 atom stereocenters. The lowest BCUT2D eigenvalue weighted by atomic mass is 10.0. The molecule has 0 aliphatic heterocycles. The number of anilines is 3. The van der Waals surface area contributed by atoms with Crippen molar-refractivity contribution in [3.63, 3.8) is 0 Å². The van der Waals surface area contributed by atoms with Crippen molar-refractivity contribution in [1.82, 2.24) is 15.3 Å². The van der Waals surface area contributed by atoms with Crippen molar-refractivity contribution in [2.75, 3.05) is 10.6 Å². The largest absolute Gasteiger partial charge is 0.444 e. The summed E-state index contributed by atoms with van der Waals surface area (Å²) in [5.74, 6) is -0.990. The van der Waals surface area contributed by atoms with Crippen LogP contribution in [0.4, 0.5) is 30.9 Å². The van der Waals surface area contributed by atoms with Gasteiger partial charge in [0.1, 0.15) is 17.5 Å². The number of alkyl carbamates (subject to hydrolysis) is 1. The van der Waals surface area contributed by atoms with Crippen molar-refractivity contribution in [2.45, 2.75) is 71.6 Å². The summed E-state index contributed by atoms with van der Waals surface area (Å²) >= 11 is 0. The van der Waals surface area contributed by atoms with Crippen LogP contribution >= 0.6 is 0 Å². The molecule has 0 spiro atoms. The SMILES string of the molecule is CC[C@H](NC(=O)OC(C)(C)C)[C@H](Nc1nc(Nc2cnc(C)c(F)c2)c(C#N)cc1F)C1CC1. The van der Waals surface area contributed by atoms with Crippen LogP contribution in [0.1, 0.15) is 58.2 Å². The Morgan fingerprint density at radius 1 is 1.26 bits per heavy atom. The summed E-state index contributed by atoms with van der Waals surface area (Å²) in [6.45, 7) is 8.80. The van der Waals surface area contributed by atoms with E-state index in [-0.39, 0.29) is 46.6 Å². The van der Waals surface area contributed by atoms with Crippen LogP contribution in [0.2, 0.25) is 0 Å². The van der Waals surface area contributed by atoms with Crippen LogP contribution in [0.15, 0.2) is 18.3 Å². The van der Waals surface area contributed by atoms with Gasteiger partial charge in [-0.3, -0.25) is 4.98 Å². The third kappa shape index (κ3) is 6.53. The van der Waals surface area contributed by atoms with E-state index < -0.39 is 23.3 Å². The van der Waals surface area contributed by atoms with E-state index in [1.807, 2.05) is 13.0 Å². The first-order valence-electron chi connectivity index (χ1n) is 11.3. The number of nitrogens with zero attached hydrogens (tertiary/aromatic N) is 3. The number of hydrogen-bond acceptors (Lipinski definition) is 7. The van der Waals surface area contributed by atoms with Crippen LogP contribution in [0, 0.1) is 35.8 Å². The fraction of sp³-hybridized carbons (Fsp3) is 0.500. The number of amides is 1. The third-order valence-electron chi connectivity index (χ3n) is 5.39. The van der Waals surface area contributed by atoms with Crippen LogP contribution in [-0.4, -0.2) is 33.7 Å². The van der Waals surface area contributed by atoms with Gasteiger partial charge in [-0.15, -0.1) is 0 Å². The summed E-state index contributed by atoms with van der Waals surface area (Å²) in [5, 5.41) is 18.3. The minimum Gasteiger partial charge on any atom is -0.444 e. The highest BCUT2D eigenvalue weighted by Gasteiger charge is 2.38. The number of aryl methyl sites for hydroxylation is 1. The normalized spacial score (nSPS) is 15.1. The number of aromatic nitrogens is 2. The zero-order chi connectivity index (χ0) is 25.0. The minimum atomic E-state index is -0.701. The second kappa shape index (κ2) is 10.2. The smallest absolute Gasteiger partial charge is 0.407 e. The number of nitrogens with one attached hydrogen (secondary N) is 3. The Bertz CT molecular complexity index is 1090. The molecule has 1 fully saturated rings. The molecule has 2 aromatic rings. The maximum atomic E-state index is 14.9. The monoisotopic (exact) mass is 472 g/mol. The summed E-state index contributed by atoms with van der Waals surface area (Å²) in [7, 11) is 0. The molecule has 1 saturated carbocycles. The highest BCUT2D eigenvalue weighted by Crippen LogP contribution is 2.37. The third-order valence-corrected chi connectivity index (χ3v) is 5.39. The summed E-state index contributed by atoms with van der Waals surface area (Å²) < 4.78 is 34.2. The molecule has 1 amide bonds. The van der Waals surface area contributed by atoms with Crippen LogP contribution in [0.5, 0.6) is 0 Å². The lowest BCUT2D eigenvalue weighted by Gasteiger charge is -2.30. The van der Waals surface area contributed by atoms with Gasteiger partial charge in [0.05, 0.1) is 35.2 Å². The second-order valence-electron chi connectivity index (χ2n) is 9.41. The van der Waals surface area contributed by atoms with Gasteiger partial charge < -0.3 is 20.7 Å². The maximum Gasteiger partial charge on any atom is 0.407 e. The minimum absolute atomic E-state index is 0.0362. The highest BCUT2D eigenvalue weighted by atomic mass is 19.1. The number of halogens is 2. The Hall–Kier alpha value is -3.48. The molecule has 182 valence electrons. The Morgan fingerprint density at radius 3 is 2.53 bits per heavy atom. The molecule has 34 heavy (non-hydrogen) atoms. The van der Waals surface area contributed by atoms with Crippen LogP contribution in [0.3, 0.4) is 0 Å². The molecule has 1 aliphatic carbocycles. The van der Waals surface area contributed by atoms with Gasteiger partial charge in [0.2, 0.25) is 0 Å². The van der Waals surface area contributed by atoms with Gasteiger partial charge >= 0.3 is 6.09 Å². The molecule has 0 radical (unpaired) electrons. The Morgan fingerprint density at radius 2 is 1.97 bits per heavy atom. The Labute approximate surface area is 198 Å². The van der Waals surface area contributed by atoms with Gasteiger partial charge in [0.15, 0.2) is 17.5 Å². The summed E-state index contributed by atoms with van der Waals surface area (Å²) in [5.41, 5.74) is -0.167. The van der Waals surface area contributed by atoms with E-state index in [1.165, 1.54) is 19.2 Å².